The molecule has 136 valence electrons. The first-order valence-corrected chi connectivity index (χ1v) is 8.91. The lowest BCUT2D eigenvalue weighted by molar-refractivity contribution is 0.170. The highest BCUT2D eigenvalue weighted by Crippen LogP contribution is 2.26. The molecule has 1 N–H and O–H groups in total. The van der Waals surface area contributed by atoms with Crippen LogP contribution in [0.4, 0.5) is 5.82 Å². The van der Waals surface area contributed by atoms with Crippen molar-refractivity contribution >= 4 is 16.7 Å². The van der Waals surface area contributed by atoms with Crippen molar-refractivity contribution in [1.29, 1.82) is 5.26 Å². The van der Waals surface area contributed by atoms with Crippen molar-refractivity contribution in [2.24, 2.45) is 0 Å². The normalized spacial score (nSPS) is 14.9. The Balaban J connectivity index is 1.48. The van der Waals surface area contributed by atoms with Crippen molar-refractivity contribution in [3.05, 3.63) is 58.0 Å². The minimum atomic E-state index is -0.221. The number of pyridine rings is 1. The van der Waals surface area contributed by atoms with Gasteiger partial charge >= 0.3 is 0 Å². The zero-order chi connectivity index (χ0) is 18.8. The molecule has 1 aliphatic heterocycles. The molecular formula is C20H19N5O2. The van der Waals surface area contributed by atoms with E-state index in [2.05, 4.69) is 26.2 Å². The standard InChI is InChI=1S/C20H19N5O2/c1-13-9-17-18(12-22-24-20(17)26)23-19(13)25-7-5-15(6-8-25)27-16-4-2-3-14(10-16)11-21/h2-4,9-10,12,15H,5-8H2,1H3,(H,24,26). The van der Waals surface area contributed by atoms with Gasteiger partial charge in [-0.3, -0.25) is 4.79 Å². The number of piperidine rings is 1. The summed E-state index contributed by atoms with van der Waals surface area (Å²) < 4.78 is 6.04. The number of aromatic nitrogens is 3. The second-order valence-corrected chi connectivity index (χ2v) is 6.70. The molecule has 0 bridgehead atoms. The van der Waals surface area contributed by atoms with Crippen molar-refractivity contribution in [3.63, 3.8) is 0 Å². The van der Waals surface area contributed by atoms with Gasteiger partial charge < -0.3 is 9.64 Å². The number of H-pyrrole nitrogens is 1. The summed E-state index contributed by atoms with van der Waals surface area (Å²) in [6.07, 6.45) is 3.42. The predicted octanol–water partition coefficient (Wildman–Crippen LogP) is 2.55. The molecule has 7 heteroatoms. The molecule has 0 spiro atoms. The maximum absolute atomic E-state index is 11.9. The highest BCUT2D eigenvalue weighted by Gasteiger charge is 2.23. The van der Waals surface area contributed by atoms with Gasteiger partial charge in [0, 0.05) is 25.9 Å². The van der Waals surface area contributed by atoms with Crippen LogP contribution in [0.25, 0.3) is 10.9 Å². The van der Waals surface area contributed by atoms with Gasteiger partial charge in [-0.05, 0) is 36.8 Å². The van der Waals surface area contributed by atoms with Gasteiger partial charge in [0.25, 0.3) is 5.56 Å². The van der Waals surface area contributed by atoms with E-state index in [1.165, 1.54) is 0 Å². The Hall–Kier alpha value is -3.40. The predicted molar refractivity (Wildman–Crippen MR) is 102 cm³/mol. The summed E-state index contributed by atoms with van der Waals surface area (Å²) in [6.45, 7) is 3.61. The summed E-state index contributed by atoms with van der Waals surface area (Å²) in [5.74, 6) is 1.62. The minimum Gasteiger partial charge on any atom is -0.490 e. The maximum Gasteiger partial charge on any atom is 0.273 e. The smallest absolute Gasteiger partial charge is 0.273 e. The van der Waals surface area contributed by atoms with E-state index in [-0.39, 0.29) is 11.7 Å². The lowest BCUT2D eigenvalue weighted by Crippen LogP contribution is -2.39. The number of fused-ring (bicyclic) bond motifs is 1. The largest absolute Gasteiger partial charge is 0.490 e. The first-order valence-electron chi connectivity index (χ1n) is 8.91. The van der Waals surface area contributed by atoms with E-state index in [4.69, 9.17) is 10.00 Å². The van der Waals surface area contributed by atoms with Gasteiger partial charge in [0.05, 0.1) is 28.7 Å². The fraction of sp³-hybridized carbons (Fsp3) is 0.300. The number of hydrogen-bond donors (Lipinski definition) is 1. The number of aryl methyl sites for hydroxylation is 1. The molecule has 1 aromatic carbocycles. The van der Waals surface area contributed by atoms with Gasteiger partial charge in [-0.2, -0.15) is 10.4 Å². The van der Waals surface area contributed by atoms with Crippen molar-refractivity contribution in [3.8, 4) is 11.8 Å². The third kappa shape index (κ3) is 3.47. The van der Waals surface area contributed by atoms with Gasteiger partial charge in [-0.1, -0.05) is 6.07 Å². The van der Waals surface area contributed by atoms with Crippen LogP contribution in [0.2, 0.25) is 0 Å². The number of anilines is 1. The molecule has 4 rings (SSSR count). The van der Waals surface area contributed by atoms with Gasteiger partial charge in [0.15, 0.2) is 0 Å². The van der Waals surface area contributed by atoms with Crippen LogP contribution in [-0.2, 0) is 0 Å². The number of benzene rings is 1. The van der Waals surface area contributed by atoms with E-state index < -0.39 is 0 Å². The molecule has 2 aromatic heterocycles. The van der Waals surface area contributed by atoms with E-state index in [0.29, 0.717) is 16.5 Å². The Labute approximate surface area is 156 Å². The Morgan fingerprint density at radius 1 is 1.30 bits per heavy atom. The van der Waals surface area contributed by atoms with E-state index in [9.17, 15) is 4.79 Å². The van der Waals surface area contributed by atoms with E-state index in [1.807, 2.05) is 25.1 Å². The van der Waals surface area contributed by atoms with Crippen LogP contribution in [-0.4, -0.2) is 34.4 Å². The highest BCUT2D eigenvalue weighted by molar-refractivity contribution is 5.80. The van der Waals surface area contributed by atoms with Crippen molar-refractivity contribution in [2.45, 2.75) is 25.9 Å². The van der Waals surface area contributed by atoms with Gasteiger partial charge in [-0.25, -0.2) is 10.1 Å². The molecule has 0 amide bonds. The molecule has 0 saturated carbocycles. The first kappa shape index (κ1) is 17.0. The molecule has 1 fully saturated rings. The summed E-state index contributed by atoms with van der Waals surface area (Å²) in [7, 11) is 0. The fourth-order valence-electron chi connectivity index (χ4n) is 3.45. The number of rotatable bonds is 3. The molecule has 1 aliphatic rings. The van der Waals surface area contributed by atoms with Gasteiger partial charge in [0.2, 0.25) is 0 Å². The van der Waals surface area contributed by atoms with Crippen molar-refractivity contribution < 1.29 is 4.74 Å². The number of ether oxygens (including phenoxy) is 1. The van der Waals surface area contributed by atoms with Crippen LogP contribution in [0.5, 0.6) is 5.75 Å². The molecule has 0 unspecified atom stereocenters. The second kappa shape index (κ2) is 7.08. The molecule has 27 heavy (non-hydrogen) atoms. The monoisotopic (exact) mass is 361 g/mol. The third-order valence-corrected chi connectivity index (χ3v) is 4.82. The molecule has 0 atom stereocenters. The minimum absolute atomic E-state index is 0.112. The SMILES string of the molecule is Cc1cc2c(=O)[nH]ncc2nc1N1CCC(Oc2cccc(C#N)c2)CC1. The number of nitriles is 1. The Kier molecular flexibility index (Phi) is 4.47. The van der Waals surface area contributed by atoms with Crippen molar-refractivity contribution in [1.82, 2.24) is 15.2 Å². The van der Waals surface area contributed by atoms with Gasteiger partial charge in [-0.15, -0.1) is 0 Å². The first-order chi connectivity index (χ1) is 13.1. The van der Waals surface area contributed by atoms with E-state index in [0.717, 1.165) is 43.1 Å². The number of nitrogens with zero attached hydrogens (tertiary/aromatic N) is 4. The second-order valence-electron chi connectivity index (χ2n) is 6.70. The zero-order valence-corrected chi connectivity index (χ0v) is 15.0. The number of aromatic amines is 1. The van der Waals surface area contributed by atoms with Crippen LogP contribution >= 0.6 is 0 Å². The average Bonchev–Trinajstić information content (AvgIpc) is 2.69. The van der Waals surface area contributed by atoms with E-state index >= 15 is 0 Å². The molecule has 0 radical (unpaired) electrons. The number of hydrogen-bond acceptors (Lipinski definition) is 6. The van der Waals surface area contributed by atoms with Crippen molar-refractivity contribution in [2.75, 3.05) is 18.0 Å². The Morgan fingerprint density at radius 2 is 2.11 bits per heavy atom. The third-order valence-electron chi connectivity index (χ3n) is 4.82. The van der Waals surface area contributed by atoms with Crippen LogP contribution < -0.4 is 15.2 Å². The lowest BCUT2D eigenvalue weighted by atomic mass is 10.1. The highest BCUT2D eigenvalue weighted by atomic mass is 16.5. The van der Waals surface area contributed by atoms with Crippen LogP contribution in [0.3, 0.4) is 0 Å². The summed E-state index contributed by atoms with van der Waals surface area (Å²) >= 11 is 0. The molecule has 7 nitrogen and oxygen atoms in total. The van der Waals surface area contributed by atoms with E-state index in [1.54, 1.807) is 18.3 Å². The van der Waals surface area contributed by atoms with Gasteiger partial charge in [0.1, 0.15) is 17.7 Å². The fourth-order valence-corrected chi connectivity index (χ4v) is 3.45. The quantitative estimate of drug-likeness (QED) is 0.770. The topological polar surface area (TPSA) is 94.9 Å². The van der Waals surface area contributed by atoms with Crippen LogP contribution in [0, 0.1) is 18.3 Å². The maximum atomic E-state index is 11.9. The lowest BCUT2D eigenvalue weighted by Gasteiger charge is -2.33. The summed E-state index contributed by atoms with van der Waals surface area (Å²) in [6, 6.07) is 11.3. The Bertz CT molecular complexity index is 1080. The van der Waals surface area contributed by atoms with Crippen LogP contribution in [0.1, 0.15) is 24.0 Å². The molecule has 3 heterocycles. The molecular weight excluding hydrogens is 342 g/mol. The van der Waals surface area contributed by atoms with Crippen LogP contribution in [0.15, 0.2) is 41.3 Å². The Morgan fingerprint density at radius 3 is 2.89 bits per heavy atom. The summed E-state index contributed by atoms with van der Waals surface area (Å²) in [5.41, 5.74) is 1.96. The average molecular weight is 361 g/mol. The summed E-state index contributed by atoms with van der Waals surface area (Å²) in [4.78, 5) is 18.8. The molecule has 0 aliphatic carbocycles. The zero-order valence-electron chi connectivity index (χ0n) is 15.0. The number of nitrogens with one attached hydrogen (secondary N) is 1. The molecule has 1 saturated heterocycles. The molecule has 3 aromatic rings. The summed E-state index contributed by atoms with van der Waals surface area (Å²) in [5, 5.41) is 15.8.